The van der Waals surface area contributed by atoms with Gasteiger partial charge in [0.15, 0.2) is 14.7 Å². The van der Waals surface area contributed by atoms with E-state index >= 15 is 0 Å². The number of benzene rings is 7. The SMILES string of the molecule is O=C([O-])C12CC3CC(CC(C3)C1)C2.c1ccc([S+](c2ccc(-c3cccc4ccccc34)cc2)c2ccc(-c3cccc4ccccc34)cc2)cc1. The molecular formula is C49H42O2S. The normalized spacial score (nSPS) is 21.6. The van der Waals surface area contributed by atoms with Gasteiger partial charge in [-0.25, -0.2) is 0 Å². The number of rotatable bonds is 6. The van der Waals surface area contributed by atoms with E-state index in [1.54, 1.807) is 0 Å². The van der Waals surface area contributed by atoms with Crippen molar-refractivity contribution in [1.82, 2.24) is 0 Å². The van der Waals surface area contributed by atoms with Crippen LogP contribution in [0.15, 0.2) is 178 Å². The summed E-state index contributed by atoms with van der Waals surface area (Å²) in [5.74, 6) is 1.38. The summed E-state index contributed by atoms with van der Waals surface area (Å²) >= 11 is 0. The number of carboxylic acid groups (broad SMARTS) is 1. The molecule has 0 heterocycles. The number of carboxylic acids is 1. The van der Waals surface area contributed by atoms with E-state index in [9.17, 15) is 9.90 Å². The van der Waals surface area contributed by atoms with Crippen molar-refractivity contribution in [1.29, 1.82) is 0 Å². The Bertz CT molecular complexity index is 2190. The second kappa shape index (κ2) is 13.8. The molecule has 0 unspecified atom stereocenters. The minimum Gasteiger partial charge on any atom is -0.550 e. The third-order valence-corrected chi connectivity index (χ3v) is 14.1. The molecule has 4 aliphatic carbocycles. The van der Waals surface area contributed by atoms with E-state index in [0.29, 0.717) is 17.8 Å². The number of carbonyl (C=O) groups excluding carboxylic acids is 1. The van der Waals surface area contributed by atoms with Crippen LogP contribution >= 0.6 is 0 Å². The van der Waals surface area contributed by atoms with Gasteiger partial charge in [0.25, 0.3) is 0 Å². The maximum Gasteiger partial charge on any atom is 0.166 e. The lowest BCUT2D eigenvalue weighted by atomic mass is 9.49. The first-order valence-electron chi connectivity index (χ1n) is 18.7. The fourth-order valence-corrected chi connectivity index (χ4v) is 11.9. The average molecular weight is 695 g/mol. The second-order valence-electron chi connectivity index (χ2n) is 15.2. The Hall–Kier alpha value is -5.12. The van der Waals surface area contributed by atoms with Crippen molar-refractivity contribution in [3.63, 3.8) is 0 Å². The minimum absolute atomic E-state index is 0.198. The summed E-state index contributed by atoms with van der Waals surface area (Å²) in [4.78, 5) is 15.1. The molecule has 0 aliphatic heterocycles. The Kier molecular flexibility index (Phi) is 8.69. The predicted octanol–water partition coefficient (Wildman–Crippen LogP) is 11.4. The fourth-order valence-electron chi connectivity index (χ4n) is 9.82. The summed E-state index contributed by atoms with van der Waals surface area (Å²) in [5, 5.41) is 16.3. The lowest BCUT2D eigenvalue weighted by Crippen LogP contribution is -2.54. The number of hydrogen-bond acceptors (Lipinski definition) is 2. The molecule has 0 saturated heterocycles. The van der Waals surface area contributed by atoms with E-state index in [2.05, 4.69) is 164 Å². The Morgan fingerprint density at radius 2 is 0.846 bits per heavy atom. The van der Waals surface area contributed by atoms with Crippen LogP contribution in [0.4, 0.5) is 0 Å². The molecule has 4 fully saturated rings. The molecule has 0 radical (unpaired) electrons. The molecule has 0 amide bonds. The van der Waals surface area contributed by atoms with Gasteiger partial charge < -0.3 is 9.90 Å². The monoisotopic (exact) mass is 694 g/mol. The summed E-state index contributed by atoms with van der Waals surface area (Å²) in [6.45, 7) is 0. The molecule has 11 rings (SSSR count). The maximum atomic E-state index is 11.1. The van der Waals surface area contributed by atoms with E-state index < -0.39 is 11.4 Å². The van der Waals surface area contributed by atoms with E-state index in [1.165, 1.54) is 77.7 Å². The van der Waals surface area contributed by atoms with Crippen molar-refractivity contribution < 1.29 is 9.90 Å². The number of hydrogen-bond donors (Lipinski definition) is 0. The zero-order valence-corrected chi connectivity index (χ0v) is 30.1. The molecule has 2 nitrogen and oxygen atoms in total. The average Bonchev–Trinajstić information content (AvgIpc) is 3.18. The molecule has 4 bridgehead atoms. The van der Waals surface area contributed by atoms with Crippen LogP contribution in [-0.4, -0.2) is 5.97 Å². The number of carbonyl (C=O) groups is 1. The number of aliphatic carboxylic acids is 1. The van der Waals surface area contributed by atoms with Gasteiger partial charge in [-0.2, -0.15) is 0 Å². The molecule has 4 saturated carbocycles. The summed E-state index contributed by atoms with van der Waals surface area (Å²) in [5.41, 5.74) is 4.66. The van der Waals surface area contributed by atoms with Crippen LogP contribution in [0.2, 0.25) is 0 Å². The Balaban J connectivity index is 0.000000231. The smallest absolute Gasteiger partial charge is 0.166 e. The molecule has 52 heavy (non-hydrogen) atoms. The van der Waals surface area contributed by atoms with Crippen molar-refractivity contribution in [2.75, 3.05) is 0 Å². The zero-order valence-electron chi connectivity index (χ0n) is 29.3. The van der Waals surface area contributed by atoms with E-state index in [-0.39, 0.29) is 10.9 Å². The Labute approximate surface area is 309 Å². The first kappa shape index (κ1) is 32.8. The highest BCUT2D eigenvalue weighted by Crippen LogP contribution is 2.59. The second-order valence-corrected chi connectivity index (χ2v) is 17.2. The maximum absolute atomic E-state index is 11.1. The number of fused-ring (bicyclic) bond motifs is 2. The topological polar surface area (TPSA) is 40.1 Å². The summed E-state index contributed by atoms with van der Waals surface area (Å²) in [6.07, 6.45) is 6.65. The van der Waals surface area contributed by atoms with Gasteiger partial charge in [-0.1, -0.05) is 103 Å². The van der Waals surface area contributed by atoms with Gasteiger partial charge in [-0.3, -0.25) is 0 Å². The summed E-state index contributed by atoms with van der Waals surface area (Å²) in [6, 6.07) is 59.6. The molecule has 0 atom stereocenters. The molecule has 7 aromatic carbocycles. The van der Waals surface area contributed by atoms with Crippen LogP contribution in [0.3, 0.4) is 0 Å². The van der Waals surface area contributed by atoms with E-state index in [0.717, 1.165) is 19.3 Å². The molecular weight excluding hydrogens is 653 g/mol. The Morgan fingerprint density at radius 1 is 0.462 bits per heavy atom. The lowest BCUT2D eigenvalue weighted by molar-refractivity contribution is -0.327. The van der Waals surface area contributed by atoms with Crippen LogP contribution in [-0.2, 0) is 15.7 Å². The highest BCUT2D eigenvalue weighted by Gasteiger charge is 2.51. The van der Waals surface area contributed by atoms with Crippen LogP contribution in [0, 0.1) is 23.2 Å². The molecule has 0 aromatic heterocycles. The van der Waals surface area contributed by atoms with Gasteiger partial charge in [0.1, 0.15) is 0 Å². The van der Waals surface area contributed by atoms with Gasteiger partial charge in [0.05, 0.1) is 10.9 Å². The van der Waals surface area contributed by atoms with Crippen molar-refractivity contribution in [2.45, 2.75) is 53.2 Å². The Morgan fingerprint density at radius 3 is 1.29 bits per heavy atom. The minimum atomic E-state index is -0.758. The summed E-state index contributed by atoms with van der Waals surface area (Å²) in [7, 11) is -0.198. The van der Waals surface area contributed by atoms with Gasteiger partial charge >= 0.3 is 0 Å². The molecule has 0 N–H and O–H groups in total. The lowest BCUT2D eigenvalue weighted by Gasteiger charge is -2.57. The van der Waals surface area contributed by atoms with Crippen molar-refractivity contribution in [2.24, 2.45) is 23.2 Å². The van der Waals surface area contributed by atoms with Crippen molar-refractivity contribution in [3.8, 4) is 22.3 Å². The van der Waals surface area contributed by atoms with Crippen LogP contribution in [0.1, 0.15) is 38.5 Å². The summed E-state index contributed by atoms with van der Waals surface area (Å²) < 4.78 is 0. The fraction of sp³-hybridized carbons (Fsp3) is 0.204. The largest absolute Gasteiger partial charge is 0.550 e. The van der Waals surface area contributed by atoms with Crippen molar-refractivity contribution >= 4 is 38.4 Å². The third kappa shape index (κ3) is 6.22. The standard InChI is InChI=1S/C38H27S.C11H16O2/c1-2-14-32(15-3-1)39(33-24-20-30(21-25-33)37-18-8-12-28-10-4-6-16-35(28)37)34-26-22-31(23-27-34)38-19-9-13-29-11-5-7-17-36(29)38;12-10(13)11-4-7-1-8(5-11)3-9(2-7)6-11/h1-27H;7-9H,1-6H2,(H,12,13)/q+1;/p-1. The van der Waals surface area contributed by atoms with Crippen LogP contribution in [0.5, 0.6) is 0 Å². The van der Waals surface area contributed by atoms with Crippen LogP contribution < -0.4 is 5.11 Å². The molecule has 4 aliphatic rings. The zero-order chi connectivity index (χ0) is 35.1. The van der Waals surface area contributed by atoms with Gasteiger partial charge in [-0.15, -0.1) is 0 Å². The molecule has 256 valence electrons. The highest BCUT2D eigenvalue weighted by atomic mass is 32.2. The van der Waals surface area contributed by atoms with Crippen molar-refractivity contribution in [3.05, 3.63) is 164 Å². The first-order valence-corrected chi connectivity index (χ1v) is 19.9. The highest BCUT2D eigenvalue weighted by molar-refractivity contribution is 7.97. The van der Waals surface area contributed by atoms with Gasteiger partial charge in [0, 0.05) is 11.4 Å². The van der Waals surface area contributed by atoms with E-state index in [1.807, 2.05) is 0 Å². The molecule has 3 heteroatoms. The third-order valence-electron chi connectivity index (χ3n) is 11.8. The quantitative estimate of drug-likeness (QED) is 0.163. The van der Waals surface area contributed by atoms with Gasteiger partial charge in [0.2, 0.25) is 0 Å². The molecule has 0 spiro atoms. The van der Waals surface area contributed by atoms with Crippen LogP contribution in [0.25, 0.3) is 43.8 Å². The van der Waals surface area contributed by atoms with Gasteiger partial charge in [-0.05, 0) is 161 Å². The molecule has 7 aromatic rings. The van der Waals surface area contributed by atoms with E-state index in [4.69, 9.17) is 0 Å². The predicted molar refractivity (Wildman–Crippen MR) is 213 cm³/mol. The first-order chi connectivity index (χ1) is 25.5.